The molecule has 2 aliphatic rings. The van der Waals surface area contributed by atoms with E-state index in [1.807, 2.05) is 17.0 Å². The minimum Gasteiger partial charge on any atom is -0.379 e. The Kier molecular flexibility index (Phi) is 5.69. The van der Waals surface area contributed by atoms with Gasteiger partial charge in [0, 0.05) is 42.8 Å². The Hall–Kier alpha value is -1.24. The number of hydrogen-bond donors (Lipinski definition) is 1. The molecule has 0 radical (unpaired) electrons. The maximum Gasteiger partial charge on any atom is 0.321 e. The Morgan fingerprint density at radius 2 is 2.04 bits per heavy atom. The Morgan fingerprint density at radius 3 is 2.75 bits per heavy atom. The van der Waals surface area contributed by atoms with Gasteiger partial charge in [-0.05, 0) is 36.8 Å². The summed E-state index contributed by atoms with van der Waals surface area (Å²) in [6.45, 7) is 9.46. The molecule has 1 aromatic rings. The number of carbonyl (C=O) groups is 1. The molecule has 3 rings (SSSR count). The van der Waals surface area contributed by atoms with Crippen LogP contribution in [-0.2, 0) is 4.74 Å². The SMILES string of the molecule is CSc1cccc(NC(=O)N2C[C@@H](N3CCOCC3)[C@@H](C)C2)c1C. The highest BCUT2D eigenvalue weighted by molar-refractivity contribution is 7.98. The second-order valence-electron chi connectivity index (χ2n) is 6.66. The molecule has 5 nitrogen and oxygen atoms in total. The number of amides is 2. The van der Waals surface area contributed by atoms with E-state index in [2.05, 4.69) is 36.4 Å². The van der Waals surface area contributed by atoms with Crippen LogP contribution in [0.4, 0.5) is 10.5 Å². The van der Waals surface area contributed by atoms with Crippen LogP contribution in [0.3, 0.4) is 0 Å². The molecule has 0 aromatic heterocycles. The van der Waals surface area contributed by atoms with E-state index >= 15 is 0 Å². The maximum atomic E-state index is 12.7. The summed E-state index contributed by atoms with van der Waals surface area (Å²) in [5.74, 6) is 0.493. The number of ether oxygens (including phenoxy) is 1. The van der Waals surface area contributed by atoms with Gasteiger partial charge in [0.2, 0.25) is 0 Å². The average molecular weight is 350 g/mol. The minimum atomic E-state index is 0.0129. The lowest BCUT2D eigenvalue weighted by molar-refractivity contribution is 0.0123. The summed E-state index contributed by atoms with van der Waals surface area (Å²) >= 11 is 1.71. The third kappa shape index (κ3) is 3.71. The number of thioether (sulfide) groups is 1. The number of nitrogens with zero attached hydrogens (tertiary/aromatic N) is 2. The second-order valence-corrected chi connectivity index (χ2v) is 7.51. The highest BCUT2D eigenvalue weighted by Crippen LogP contribution is 2.27. The molecule has 1 aromatic carbocycles. The van der Waals surface area contributed by atoms with Crippen LogP contribution >= 0.6 is 11.8 Å². The number of morpholine rings is 1. The van der Waals surface area contributed by atoms with Crippen LogP contribution < -0.4 is 5.32 Å². The summed E-state index contributed by atoms with van der Waals surface area (Å²) in [4.78, 5) is 18.3. The van der Waals surface area contributed by atoms with E-state index in [9.17, 15) is 4.79 Å². The lowest BCUT2D eigenvalue weighted by Gasteiger charge is -2.33. The molecule has 24 heavy (non-hydrogen) atoms. The van der Waals surface area contributed by atoms with E-state index in [1.165, 1.54) is 4.90 Å². The quantitative estimate of drug-likeness (QED) is 0.852. The Bertz CT molecular complexity index is 590. The number of carbonyl (C=O) groups excluding carboxylic acids is 1. The first-order valence-electron chi connectivity index (χ1n) is 8.61. The predicted octanol–water partition coefficient (Wildman–Crippen LogP) is 2.90. The lowest BCUT2D eigenvalue weighted by Crippen LogP contribution is -2.47. The zero-order chi connectivity index (χ0) is 17.1. The van der Waals surface area contributed by atoms with Crippen LogP contribution in [0.1, 0.15) is 12.5 Å². The van der Waals surface area contributed by atoms with Gasteiger partial charge < -0.3 is 15.0 Å². The number of anilines is 1. The largest absolute Gasteiger partial charge is 0.379 e. The standard InChI is InChI=1S/C18H27N3O2S/c1-13-11-21(12-16(13)20-7-9-23-10-8-20)18(22)19-15-5-4-6-17(24-3)14(15)2/h4-6,13,16H,7-12H2,1-3H3,(H,19,22)/t13-,16+/m0/s1. The van der Waals surface area contributed by atoms with Gasteiger partial charge in [-0.3, -0.25) is 4.90 Å². The van der Waals surface area contributed by atoms with Crippen molar-refractivity contribution in [1.82, 2.24) is 9.80 Å². The average Bonchev–Trinajstić information content (AvgIpc) is 2.99. The van der Waals surface area contributed by atoms with E-state index in [0.29, 0.717) is 12.0 Å². The topological polar surface area (TPSA) is 44.8 Å². The molecule has 0 bridgehead atoms. The van der Waals surface area contributed by atoms with E-state index in [0.717, 1.165) is 50.6 Å². The summed E-state index contributed by atoms with van der Waals surface area (Å²) in [6, 6.07) is 6.52. The van der Waals surface area contributed by atoms with Crippen molar-refractivity contribution in [3.05, 3.63) is 23.8 Å². The number of benzene rings is 1. The molecule has 2 aliphatic heterocycles. The maximum absolute atomic E-state index is 12.7. The van der Waals surface area contributed by atoms with Crippen LogP contribution in [0, 0.1) is 12.8 Å². The second kappa shape index (κ2) is 7.76. The van der Waals surface area contributed by atoms with Crippen molar-refractivity contribution in [2.24, 2.45) is 5.92 Å². The van der Waals surface area contributed by atoms with Crippen molar-refractivity contribution in [3.63, 3.8) is 0 Å². The third-order valence-electron chi connectivity index (χ3n) is 5.12. The van der Waals surface area contributed by atoms with E-state index in [-0.39, 0.29) is 6.03 Å². The number of hydrogen-bond acceptors (Lipinski definition) is 4. The van der Waals surface area contributed by atoms with Crippen molar-refractivity contribution in [2.75, 3.05) is 51.0 Å². The summed E-state index contributed by atoms with van der Waals surface area (Å²) in [6.07, 6.45) is 2.06. The van der Waals surface area contributed by atoms with Crippen molar-refractivity contribution < 1.29 is 9.53 Å². The Labute approximate surface area is 148 Å². The van der Waals surface area contributed by atoms with Gasteiger partial charge in [0.05, 0.1) is 13.2 Å². The molecular weight excluding hydrogens is 322 g/mol. The van der Waals surface area contributed by atoms with Crippen LogP contribution in [0.25, 0.3) is 0 Å². The molecule has 2 fully saturated rings. The first-order valence-corrected chi connectivity index (χ1v) is 9.84. The fourth-order valence-corrected chi connectivity index (χ4v) is 4.30. The normalized spacial score (nSPS) is 25.0. The molecule has 0 saturated carbocycles. The molecule has 2 atom stereocenters. The minimum absolute atomic E-state index is 0.0129. The highest BCUT2D eigenvalue weighted by atomic mass is 32.2. The third-order valence-corrected chi connectivity index (χ3v) is 6.00. The molecule has 6 heteroatoms. The number of rotatable bonds is 3. The molecule has 2 saturated heterocycles. The van der Waals surface area contributed by atoms with Gasteiger partial charge in [0.25, 0.3) is 0 Å². The monoisotopic (exact) mass is 349 g/mol. The first-order chi connectivity index (χ1) is 11.6. The Morgan fingerprint density at radius 1 is 1.29 bits per heavy atom. The van der Waals surface area contributed by atoms with Crippen LogP contribution in [0.5, 0.6) is 0 Å². The van der Waals surface area contributed by atoms with Gasteiger partial charge in [-0.15, -0.1) is 11.8 Å². The molecule has 132 valence electrons. The molecule has 0 aliphatic carbocycles. The molecule has 1 N–H and O–H groups in total. The van der Waals surface area contributed by atoms with Gasteiger partial charge in [0.1, 0.15) is 0 Å². The van der Waals surface area contributed by atoms with Gasteiger partial charge >= 0.3 is 6.03 Å². The van der Waals surface area contributed by atoms with Crippen LogP contribution in [-0.4, -0.2) is 67.5 Å². The summed E-state index contributed by atoms with van der Waals surface area (Å²) in [5, 5.41) is 3.10. The van der Waals surface area contributed by atoms with Crippen molar-refractivity contribution >= 4 is 23.5 Å². The van der Waals surface area contributed by atoms with Gasteiger partial charge in [0.15, 0.2) is 0 Å². The predicted molar refractivity (Wildman–Crippen MR) is 98.9 cm³/mol. The van der Waals surface area contributed by atoms with Crippen molar-refractivity contribution in [3.8, 4) is 0 Å². The zero-order valence-corrected chi connectivity index (χ0v) is 15.6. The fourth-order valence-electron chi connectivity index (χ4n) is 3.67. The van der Waals surface area contributed by atoms with Crippen LogP contribution in [0.15, 0.2) is 23.1 Å². The summed E-state index contributed by atoms with van der Waals surface area (Å²) in [7, 11) is 0. The number of likely N-dealkylation sites (tertiary alicyclic amines) is 1. The molecule has 2 heterocycles. The number of nitrogens with one attached hydrogen (secondary N) is 1. The molecular formula is C18H27N3O2S. The first kappa shape index (κ1) is 17.6. The molecule has 0 unspecified atom stereocenters. The van der Waals surface area contributed by atoms with E-state index in [4.69, 9.17) is 4.74 Å². The van der Waals surface area contributed by atoms with Gasteiger partial charge in [-0.25, -0.2) is 4.79 Å². The fraction of sp³-hybridized carbons (Fsp3) is 0.611. The van der Waals surface area contributed by atoms with E-state index in [1.54, 1.807) is 11.8 Å². The Balaban J connectivity index is 1.64. The van der Waals surface area contributed by atoms with Gasteiger partial charge in [-0.1, -0.05) is 13.0 Å². The van der Waals surface area contributed by atoms with E-state index < -0.39 is 0 Å². The van der Waals surface area contributed by atoms with Crippen molar-refractivity contribution in [1.29, 1.82) is 0 Å². The lowest BCUT2D eigenvalue weighted by atomic mass is 10.0. The van der Waals surface area contributed by atoms with Crippen LogP contribution in [0.2, 0.25) is 0 Å². The van der Waals surface area contributed by atoms with Crippen molar-refractivity contribution in [2.45, 2.75) is 24.8 Å². The molecule has 2 amide bonds. The zero-order valence-electron chi connectivity index (χ0n) is 14.7. The summed E-state index contributed by atoms with van der Waals surface area (Å²) < 4.78 is 5.45. The number of urea groups is 1. The molecule has 0 spiro atoms. The highest BCUT2D eigenvalue weighted by Gasteiger charge is 2.36. The van der Waals surface area contributed by atoms with Gasteiger partial charge in [-0.2, -0.15) is 0 Å². The smallest absolute Gasteiger partial charge is 0.321 e. The summed E-state index contributed by atoms with van der Waals surface area (Å²) in [5.41, 5.74) is 2.05.